The van der Waals surface area contributed by atoms with E-state index < -0.39 is 0 Å². The van der Waals surface area contributed by atoms with Crippen molar-refractivity contribution in [3.8, 4) is 106 Å². The first kappa shape index (κ1) is 37.3. The number of hydrogen-bond acceptors (Lipinski definition) is 7. The molecular weight excluding hydrogens is 589 g/mol. The molecule has 0 saturated heterocycles. The molecule has 10 heteroatoms. The van der Waals surface area contributed by atoms with Crippen molar-refractivity contribution in [3.05, 3.63) is 75.2 Å². The van der Waals surface area contributed by atoms with E-state index in [-0.39, 0.29) is 13.0 Å². The number of carbonyl (C=O) groups excluding carboxylic acids is 1. The van der Waals surface area contributed by atoms with E-state index in [0.717, 1.165) is 17.0 Å². The van der Waals surface area contributed by atoms with Crippen LogP contribution in [0.3, 0.4) is 0 Å². The smallest absolute Gasteiger partial charge is 0.276 e. The van der Waals surface area contributed by atoms with Gasteiger partial charge in [0.15, 0.2) is 17.7 Å². The Balaban J connectivity index is -0.000000156. The molecule has 44 heavy (non-hydrogen) atoms. The van der Waals surface area contributed by atoms with E-state index in [1.165, 1.54) is 16.9 Å². The first-order chi connectivity index (χ1) is 21.4. The van der Waals surface area contributed by atoms with Crippen molar-refractivity contribution in [2.24, 2.45) is 0 Å². The zero-order valence-corrected chi connectivity index (χ0v) is 25.3. The molecule has 0 aliphatic carbocycles. The maximum atomic E-state index is 12.1. The molecule has 0 saturated carbocycles. The second-order valence-corrected chi connectivity index (χ2v) is 8.00. The quantitative estimate of drug-likeness (QED) is 0.150. The predicted octanol–water partition coefficient (Wildman–Crippen LogP) is 6.51. The number of hydrogen-bond donors (Lipinski definition) is 2. The second kappa shape index (κ2) is 25.3. The van der Waals surface area contributed by atoms with Crippen molar-refractivity contribution in [2.45, 2.75) is 20.8 Å². The third-order valence-electron chi connectivity index (χ3n) is 4.14. The van der Waals surface area contributed by atoms with Gasteiger partial charge >= 0.3 is 0 Å². The summed E-state index contributed by atoms with van der Waals surface area (Å²) in [5, 5.41) is 5.30. The van der Waals surface area contributed by atoms with Crippen molar-refractivity contribution in [2.75, 3.05) is 5.32 Å². The molecule has 220 valence electrons. The van der Waals surface area contributed by atoms with Gasteiger partial charge in [-0.2, -0.15) is 4.21 Å². The van der Waals surface area contributed by atoms with Gasteiger partial charge in [-0.3, -0.25) is 10.1 Å². The summed E-state index contributed by atoms with van der Waals surface area (Å²) in [7, 11) is 0. The van der Waals surface area contributed by atoms with E-state index >= 15 is 0 Å². The SMILES string of the molecule is C#CC#CC#CC#CC#CC#CC#CC#CC.Cc1ccc(-c2csc(NC(=O)c3cccc(C)n3)n2)cc1.O=S.[HH].[HH].[HH].[HH].[HH].[N-]=[N+]=N. The van der Waals surface area contributed by atoms with Crippen molar-refractivity contribution in [1.29, 1.82) is 5.53 Å². The summed E-state index contributed by atoms with van der Waals surface area (Å²) in [6.45, 7) is 5.60. The lowest BCUT2D eigenvalue weighted by atomic mass is 10.1. The van der Waals surface area contributed by atoms with E-state index in [4.69, 9.17) is 21.7 Å². The van der Waals surface area contributed by atoms with Gasteiger partial charge < -0.3 is 0 Å². The van der Waals surface area contributed by atoms with E-state index in [0.29, 0.717) is 10.8 Å². The third-order valence-corrected chi connectivity index (χ3v) is 4.90. The third kappa shape index (κ3) is 17.8. The number of rotatable bonds is 3. The summed E-state index contributed by atoms with van der Waals surface area (Å²) in [5.41, 5.74) is 16.6. The highest BCUT2D eigenvalue weighted by Crippen LogP contribution is 2.25. The van der Waals surface area contributed by atoms with Crippen LogP contribution in [0.5, 0.6) is 0 Å². The highest BCUT2D eigenvalue weighted by Gasteiger charge is 2.11. The minimum atomic E-state index is -0.242. The minimum Gasteiger partial charge on any atom is -0.296 e. The monoisotopic (exact) mass is 618 g/mol. The number of carbonyl (C=O) groups is 1. The summed E-state index contributed by atoms with van der Waals surface area (Å²) in [6, 6.07) is 13.5. The van der Waals surface area contributed by atoms with Gasteiger partial charge in [-0.05, 0) is 126 Å². The van der Waals surface area contributed by atoms with Crippen LogP contribution in [0, 0.1) is 115 Å². The summed E-state index contributed by atoms with van der Waals surface area (Å²) >= 11 is 4.24. The Hall–Kier alpha value is -6.72. The molecule has 0 bridgehead atoms. The zero-order valence-electron chi connectivity index (χ0n) is 23.6. The predicted molar refractivity (Wildman–Crippen MR) is 186 cm³/mol. The van der Waals surface area contributed by atoms with Crippen LogP contribution in [-0.4, -0.2) is 20.1 Å². The Morgan fingerprint density at radius 2 is 1.39 bits per heavy atom. The highest BCUT2D eigenvalue weighted by atomic mass is 32.1. The first-order valence-corrected chi connectivity index (χ1v) is 13.0. The molecule has 8 nitrogen and oxygen atoms in total. The van der Waals surface area contributed by atoms with Crippen LogP contribution in [0.2, 0.25) is 0 Å². The van der Waals surface area contributed by atoms with Crippen LogP contribution < -0.4 is 5.32 Å². The fourth-order valence-corrected chi connectivity index (χ4v) is 3.18. The molecule has 0 atom stereocenters. The molecule has 3 rings (SSSR count). The number of amides is 1. The van der Waals surface area contributed by atoms with Crippen molar-refractivity contribution in [1.82, 2.24) is 9.97 Å². The van der Waals surface area contributed by atoms with Crippen LogP contribution >= 0.6 is 11.3 Å². The Labute approximate surface area is 273 Å². The van der Waals surface area contributed by atoms with Crippen molar-refractivity contribution in [3.63, 3.8) is 0 Å². The van der Waals surface area contributed by atoms with Crippen molar-refractivity contribution < 1.29 is 16.1 Å². The van der Waals surface area contributed by atoms with Crippen LogP contribution in [0.1, 0.15) is 35.8 Å². The fourth-order valence-electron chi connectivity index (χ4n) is 2.46. The summed E-state index contributed by atoms with van der Waals surface area (Å²) in [6.07, 6.45) is 4.88. The van der Waals surface area contributed by atoms with Gasteiger partial charge in [-0.25, -0.2) is 9.97 Å². The van der Waals surface area contributed by atoms with Crippen LogP contribution in [-0.2, 0) is 12.5 Å². The summed E-state index contributed by atoms with van der Waals surface area (Å²) < 4.78 is 7.83. The average molecular weight is 619 g/mol. The van der Waals surface area contributed by atoms with Gasteiger partial charge in [0.1, 0.15) is 5.69 Å². The standard InChI is InChI=1S/C17H15N3OS.C17H4.HN3.OS.5H2/c1-11-6-8-13(9-7-11)15-10-22-17(19-15)20-16(21)14-5-3-4-12(2)18-14;1-3-5-7-9-11-13-15-17-16-14-12-10-8-6-4-2;1-3-2;1-2;;;;;/h3-10H,1-2H3,(H,19,20,21);1H,2H3;1H;;5*1H. The molecule has 3 aromatic rings. The lowest BCUT2D eigenvalue weighted by molar-refractivity contribution is 0.102. The van der Waals surface area contributed by atoms with Gasteiger partial charge in [-0.15, -0.1) is 23.3 Å². The summed E-state index contributed by atoms with van der Waals surface area (Å²) in [5.74, 6) is 36.7. The van der Waals surface area contributed by atoms with Gasteiger partial charge in [0.2, 0.25) is 0 Å². The molecule has 2 heterocycles. The highest BCUT2D eigenvalue weighted by molar-refractivity contribution is 7.44. The lowest BCUT2D eigenvalue weighted by Gasteiger charge is -2.01. The molecular formula is C34H30N6O2S2. The number of nitrogens with zero attached hydrogens (tertiary/aromatic N) is 4. The number of aromatic nitrogens is 2. The van der Waals surface area contributed by atoms with Gasteiger partial charge in [0.25, 0.3) is 5.91 Å². The van der Waals surface area contributed by atoms with E-state index in [1.54, 1.807) is 17.9 Å². The Bertz CT molecular complexity index is 1980. The Kier molecular flexibility index (Phi) is 21.4. The largest absolute Gasteiger partial charge is 0.296 e. The zero-order chi connectivity index (χ0) is 32.8. The van der Waals surface area contributed by atoms with Crippen LogP contribution in [0.15, 0.2) is 47.8 Å². The molecule has 1 aromatic carbocycles. The van der Waals surface area contributed by atoms with E-state index in [9.17, 15) is 4.79 Å². The Morgan fingerprint density at radius 3 is 1.86 bits per heavy atom. The number of benzene rings is 1. The van der Waals surface area contributed by atoms with Gasteiger partial charge in [0, 0.05) is 23.8 Å². The van der Waals surface area contributed by atoms with Crippen LogP contribution in [0.25, 0.3) is 21.7 Å². The topological polar surface area (TPSA) is 132 Å². The van der Waals surface area contributed by atoms with E-state index in [2.05, 4.69) is 117 Å². The number of terminal acetylenes is 1. The van der Waals surface area contributed by atoms with Crippen LogP contribution in [0.4, 0.5) is 5.13 Å². The van der Waals surface area contributed by atoms with Gasteiger partial charge in [0.05, 0.1) is 5.69 Å². The minimum absolute atomic E-state index is 0. The van der Waals surface area contributed by atoms with E-state index in [1.807, 2.05) is 55.6 Å². The lowest BCUT2D eigenvalue weighted by Crippen LogP contribution is -2.13. The molecule has 0 fully saturated rings. The Morgan fingerprint density at radius 1 is 0.886 bits per heavy atom. The molecule has 0 spiro atoms. The number of thiazole rings is 1. The summed E-state index contributed by atoms with van der Waals surface area (Å²) in [4.78, 5) is 22.6. The fraction of sp³-hybridized carbons (Fsp3) is 0.0882. The molecule has 0 aliphatic rings. The molecule has 1 amide bonds. The first-order valence-electron chi connectivity index (χ1n) is 11.8. The molecule has 2 N–H and O–H groups in total. The maximum absolute atomic E-state index is 12.1. The molecule has 0 radical (unpaired) electrons. The number of nitrogens with one attached hydrogen (secondary N) is 2. The maximum Gasteiger partial charge on any atom is 0.276 e. The van der Waals surface area contributed by atoms with Crippen molar-refractivity contribution >= 4 is 34.9 Å². The normalized spacial score (nSPS) is 6.95. The second-order valence-electron chi connectivity index (χ2n) is 7.14. The molecule has 0 unspecified atom stereocenters. The molecule has 0 aliphatic heterocycles. The molecule has 2 aromatic heterocycles. The van der Waals surface area contributed by atoms with Gasteiger partial charge in [-0.1, -0.05) is 41.8 Å². The number of aryl methyl sites for hydroxylation is 2. The number of pyridine rings is 1. The average Bonchev–Trinajstić information content (AvgIpc) is 3.50. The number of anilines is 1.